The van der Waals surface area contributed by atoms with Crippen LogP contribution in [0.4, 0.5) is 0 Å². The van der Waals surface area contributed by atoms with Crippen LogP contribution < -0.4 is 0 Å². The molecule has 0 atom stereocenters. The number of ether oxygens (including phenoxy) is 1. The van der Waals surface area contributed by atoms with E-state index in [0.29, 0.717) is 38.2 Å². The van der Waals surface area contributed by atoms with Gasteiger partial charge in [0.05, 0.1) is 18.8 Å². The summed E-state index contributed by atoms with van der Waals surface area (Å²) in [6.07, 6.45) is 2.37. The van der Waals surface area contributed by atoms with Crippen molar-refractivity contribution in [1.29, 1.82) is 0 Å². The van der Waals surface area contributed by atoms with Gasteiger partial charge < -0.3 is 9.64 Å². The summed E-state index contributed by atoms with van der Waals surface area (Å²) >= 11 is 0. The van der Waals surface area contributed by atoms with E-state index in [1.165, 1.54) is 5.01 Å². The van der Waals surface area contributed by atoms with Crippen molar-refractivity contribution in [2.24, 2.45) is 5.10 Å². The van der Waals surface area contributed by atoms with Gasteiger partial charge in [-0.15, -0.1) is 0 Å². The third-order valence-electron chi connectivity index (χ3n) is 3.39. The fraction of sp³-hybridized carbons (Fsp3) is 0.467. The number of nitrogens with zero attached hydrogens (tertiary/aromatic N) is 4. The van der Waals surface area contributed by atoms with Crippen molar-refractivity contribution in [3.05, 3.63) is 30.1 Å². The van der Waals surface area contributed by atoms with Gasteiger partial charge in [-0.1, -0.05) is 6.07 Å². The van der Waals surface area contributed by atoms with Crippen molar-refractivity contribution in [3.63, 3.8) is 0 Å². The monoisotopic (exact) mass is 304 g/mol. The zero-order valence-electron chi connectivity index (χ0n) is 12.9. The molecule has 22 heavy (non-hydrogen) atoms. The minimum Gasteiger partial charge on any atom is -0.383 e. The standard InChI is InChI=1S/C15H20N4O3/c1-18-14(20)7-6-13(17-18)15(21)19(9-10-22-2)11-12-5-3-4-8-16-12/h3-5,8H,6-7,9-11H2,1-2H3. The molecule has 0 saturated heterocycles. The number of rotatable bonds is 6. The number of aromatic nitrogens is 1. The summed E-state index contributed by atoms with van der Waals surface area (Å²) < 4.78 is 5.07. The van der Waals surface area contributed by atoms with Crippen molar-refractivity contribution in [1.82, 2.24) is 14.9 Å². The van der Waals surface area contributed by atoms with Crippen molar-refractivity contribution in [2.75, 3.05) is 27.3 Å². The molecule has 0 spiro atoms. The molecule has 0 aromatic carbocycles. The van der Waals surface area contributed by atoms with Gasteiger partial charge in [0.1, 0.15) is 5.71 Å². The van der Waals surface area contributed by atoms with E-state index in [0.717, 1.165) is 5.69 Å². The van der Waals surface area contributed by atoms with Crippen molar-refractivity contribution < 1.29 is 14.3 Å². The molecule has 7 heteroatoms. The molecule has 7 nitrogen and oxygen atoms in total. The Hall–Kier alpha value is -2.28. The van der Waals surface area contributed by atoms with Crippen LogP contribution in [0.3, 0.4) is 0 Å². The van der Waals surface area contributed by atoms with E-state index in [1.54, 1.807) is 25.3 Å². The molecule has 1 aromatic rings. The second-order valence-corrected chi connectivity index (χ2v) is 5.00. The van der Waals surface area contributed by atoms with Crippen LogP contribution >= 0.6 is 0 Å². The third kappa shape index (κ3) is 4.11. The molecule has 0 aliphatic carbocycles. The Kier molecular flexibility index (Phi) is 5.60. The molecule has 0 radical (unpaired) electrons. The molecule has 0 fully saturated rings. The fourth-order valence-electron chi connectivity index (χ4n) is 2.15. The Labute approximate surface area is 129 Å². The first-order valence-corrected chi connectivity index (χ1v) is 7.14. The van der Waals surface area contributed by atoms with E-state index in [2.05, 4.69) is 10.1 Å². The highest BCUT2D eigenvalue weighted by molar-refractivity contribution is 6.39. The van der Waals surface area contributed by atoms with Gasteiger partial charge in [0.15, 0.2) is 0 Å². The minimum absolute atomic E-state index is 0.0790. The SMILES string of the molecule is COCCN(Cc1ccccn1)C(=O)C1=NN(C)C(=O)CC1. The number of hydrogen-bond acceptors (Lipinski definition) is 5. The van der Waals surface area contributed by atoms with Crippen LogP contribution in [0, 0.1) is 0 Å². The van der Waals surface area contributed by atoms with Crippen molar-refractivity contribution >= 4 is 17.5 Å². The van der Waals surface area contributed by atoms with E-state index >= 15 is 0 Å². The predicted molar refractivity (Wildman–Crippen MR) is 81.0 cm³/mol. The van der Waals surface area contributed by atoms with Gasteiger partial charge in [-0.3, -0.25) is 14.6 Å². The van der Waals surface area contributed by atoms with Gasteiger partial charge in [-0.05, 0) is 12.1 Å². The van der Waals surface area contributed by atoms with E-state index in [9.17, 15) is 9.59 Å². The minimum atomic E-state index is -0.179. The van der Waals surface area contributed by atoms with Crippen molar-refractivity contribution in [3.8, 4) is 0 Å². The Morgan fingerprint density at radius 1 is 1.41 bits per heavy atom. The third-order valence-corrected chi connectivity index (χ3v) is 3.39. The van der Waals surface area contributed by atoms with Crippen LogP contribution in [0.1, 0.15) is 18.5 Å². The normalized spacial score (nSPS) is 14.7. The lowest BCUT2D eigenvalue weighted by Crippen LogP contribution is -2.41. The first-order chi connectivity index (χ1) is 10.6. The fourth-order valence-corrected chi connectivity index (χ4v) is 2.15. The quantitative estimate of drug-likeness (QED) is 0.774. The molecule has 2 rings (SSSR count). The highest BCUT2D eigenvalue weighted by atomic mass is 16.5. The number of amides is 2. The summed E-state index contributed by atoms with van der Waals surface area (Å²) in [6, 6.07) is 5.58. The largest absolute Gasteiger partial charge is 0.383 e. The van der Waals surface area contributed by atoms with Crippen LogP contribution in [0.15, 0.2) is 29.5 Å². The van der Waals surface area contributed by atoms with Gasteiger partial charge in [-0.25, -0.2) is 5.01 Å². The number of pyridine rings is 1. The lowest BCUT2D eigenvalue weighted by molar-refractivity contribution is -0.131. The van der Waals surface area contributed by atoms with Gasteiger partial charge >= 0.3 is 0 Å². The van der Waals surface area contributed by atoms with Crippen LogP contribution in [-0.2, 0) is 20.9 Å². The van der Waals surface area contributed by atoms with E-state index < -0.39 is 0 Å². The summed E-state index contributed by atoms with van der Waals surface area (Å²) in [5.41, 5.74) is 1.20. The molecule has 1 aliphatic heterocycles. The van der Waals surface area contributed by atoms with Gasteiger partial charge in [0.25, 0.3) is 5.91 Å². The Bertz CT molecular complexity index is 559. The van der Waals surface area contributed by atoms with E-state index in [1.807, 2.05) is 18.2 Å². The highest BCUT2D eigenvalue weighted by Crippen LogP contribution is 2.11. The number of methoxy groups -OCH3 is 1. The van der Waals surface area contributed by atoms with Gasteiger partial charge in [0, 0.05) is 39.7 Å². The molecule has 2 heterocycles. The molecular weight excluding hydrogens is 284 g/mol. The van der Waals surface area contributed by atoms with E-state index in [4.69, 9.17) is 4.74 Å². The zero-order valence-corrected chi connectivity index (χ0v) is 12.9. The van der Waals surface area contributed by atoms with Crippen molar-refractivity contribution in [2.45, 2.75) is 19.4 Å². The van der Waals surface area contributed by atoms with Crippen LogP contribution in [0.2, 0.25) is 0 Å². The molecule has 1 aromatic heterocycles. The lowest BCUT2D eigenvalue weighted by atomic mass is 10.1. The number of carbonyl (C=O) groups is 2. The maximum atomic E-state index is 12.6. The molecule has 0 unspecified atom stereocenters. The average Bonchev–Trinajstić information content (AvgIpc) is 2.54. The summed E-state index contributed by atoms with van der Waals surface area (Å²) in [4.78, 5) is 30.0. The Morgan fingerprint density at radius 3 is 2.86 bits per heavy atom. The molecule has 2 amide bonds. The number of carbonyl (C=O) groups excluding carboxylic acids is 2. The predicted octanol–water partition coefficient (Wildman–Crippen LogP) is 0.665. The van der Waals surface area contributed by atoms with E-state index in [-0.39, 0.29) is 11.8 Å². The van der Waals surface area contributed by atoms with Crippen LogP contribution in [-0.4, -0.2) is 59.7 Å². The maximum Gasteiger partial charge on any atom is 0.270 e. The molecule has 118 valence electrons. The number of hydrogen-bond donors (Lipinski definition) is 0. The lowest BCUT2D eigenvalue weighted by Gasteiger charge is -2.25. The molecule has 0 bridgehead atoms. The van der Waals surface area contributed by atoms with Gasteiger partial charge in [0.2, 0.25) is 5.91 Å². The Balaban J connectivity index is 2.12. The summed E-state index contributed by atoms with van der Waals surface area (Å²) in [6.45, 7) is 1.27. The highest BCUT2D eigenvalue weighted by Gasteiger charge is 2.26. The molecule has 0 saturated carbocycles. The van der Waals surface area contributed by atoms with Crippen LogP contribution in [0.5, 0.6) is 0 Å². The number of hydrazone groups is 1. The summed E-state index contributed by atoms with van der Waals surface area (Å²) in [7, 11) is 3.15. The molecule has 0 N–H and O–H groups in total. The topological polar surface area (TPSA) is 75.1 Å². The average molecular weight is 304 g/mol. The second-order valence-electron chi connectivity index (χ2n) is 5.00. The zero-order chi connectivity index (χ0) is 15.9. The first kappa shape index (κ1) is 16.1. The summed E-state index contributed by atoms with van der Waals surface area (Å²) in [5, 5.41) is 5.31. The second kappa shape index (κ2) is 7.65. The Morgan fingerprint density at radius 2 is 2.23 bits per heavy atom. The summed E-state index contributed by atoms with van der Waals surface area (Å²) in [5.74, 6) is -0.258. The smallest absolute Gasteiger partial charge is 0.270 e. The molecule has 1 aliphatic rings. The maximum absolute atomic E-state index is 12.6. The molecular formula is C15H20N4O3. The first-order valence-electron chi connectivity index (χ1n) is 7.14. The van der Waals surface area contributed by atoms with Crippen LogP contribution in [0.25, 0.3) is 0 Å². The van der Waals surface area contributed by atoms with Gasteiger partial charge in [-0.2, -0.15) is 5.10 Å².